The Kier molecular flexibility index (Phi) is 29.7. The molecule has 0 unspecified atom stereocenters. The molecule has 20 rings (SSSR count). The highest BCUT2D eigenvalue weighted by molar-refractivity contribution is 6.31. The Balaban J connectivity index is 0.000000132. The van der Waals surface area contributed by atoms with E-state index >= 15 is 4.39 Å². The zero-order valence-electron chi connectivity index (χ0n) is 77.9. The number of aryl methyl sites for hydroxylation is 2. The van der Waals surface area contributed by atoms with Crippen LogP contribution in [0.4, 0.5) is 34.6 Å². The number of hydrogen-bond donors (Lipinski definition) is 3. The number of hydrogen-bond acceptors (Lipinski definition) is 16. The average Bonchev–Trinajstić information content (AvgIpc) is 1.60. The van der Waals surface area contributed by atoms with Gasteiger partial charge in [-0.05, 0) is 261 Å². The van der Waals surface area contributed by atoms with Gasteiger partial charge in [-0.3, -0.25) is 75.7 Å². The van der Waals surface area contributed by atoms with Crippen LogP contribution in [0.2, 0.25) is 5.02 Å². The maximum Gasteiger partial charge on any atom is 0.338 e. The maximum atomic E-state index is 15.0. The molecule has 0 aliphatic carbocycles. The van der Waals surface area contributed by atoms with E-state index in [-0.39, 0.29) is 89.6 Å². The first-order chi connectivity index (χ1) is 70.4. The Bertz CT molecular complexity index is 8440. The molecule has 1 fully saturated rings. The fraction of sp³-hybridized carbons (Fsp3) is 0.0893. The van der Waals surface area contributed by atoms with E-state index < -0.39 is 17.3 Å². The number of rotatable bonds is 27. The minimum absolute atomic E-state index is 0.0763. The average molecular weight is 1960 g/mol. The van der Waals surface area contributed by atoms with Crippen molar-refractivity contribution in [3.63, 3.8) is 0 Å². The van der Waals surface area contributed by atoms with Gasteiger partial charge in [0.25, 0.3) is 0 Å². The summed E-state index contributed by atoms with van der Waals surface area (Å²) in [5.41, 5.74) is 13.7. The second kappa shape index (κ2) is 44.1. The summed E-state index contributed by atoms with van der Waals surface area (Å²) in [7, 11) is 0. The fourth-order valence-electron chi connectivity index (χ4n) is 16.7. The first kappa shape index (κ1) is 97.8. The number of halogens is 5. The summed E-state index contributed by atoms with van der Waals surface area (Å²) >= 11 is 6.11. The second-order valence-electron chi connectivity index (χ2n) is 33.1. The van der Waals surface area contributed by atoms with Crippen LogP contribution in [-0.2, 0) is 45.6 Å². The van der Waals surface area contributed by atoms with Crippen molar-refractivity contribution in [3.8, 4) is 62.8 Å². The number of likely N-dealkylation sites (tertiary alicyclic amines) is 1. The van der Waals surface area contributed by atoms with Crippen molar-refractivity contribution in [2.45, 2.75) is 52.7 Å². The van der Waals surface area contributed by atoms with Crippen LogP contribution in [0.25, 0.3) is 83.9 Å². The molecule has 11 aromatic carbocycles. The van der Waals surface area contributed by atoms with Crippen LogP contribution in [-0.4, -0.2) is 98.1 Å². The van der Waals surface area contributed by atoms with E-state index in [4.69, 9.17) is 30.5 Å². The summed E-state index contributed by atoms with van der Waals surface area (Å²) in [6.45, 7) is 19.3. The Morgan fingerprint density at radius 2 is 0.759 bits per heavy atom. The van der Waals surface area contributed by atoms with Gasteiger partial charge in [0.05, 0.1) is 115 Å². The summed E-state index contributed by atoms with van der Waals surface area (Å²) < 4.78 is 91.8. The standard InChI is InChI=1S/C29H23ClN4O3.C29H23FN4O3.C28H20F2N4O3.C26H23FN4O3/c1-3-28(35)32-21-5-4-6-23(16-21)34-26-13-14-31-17-27(26)33(29(34)36)22-8-10-24(11-9-22)37-18-20-7-12-25(30)19(2)15-20;1-3-28(35)32-22-5-4-6-24(16-22)34-26-11-12-31-17-27(26)33(29(34)36)23-7-9-25(10-8-23)37-18-20-13-19(2)14-21(30)15-20;1-2-27(35)32-19-7-5-8-20(14-19)33-24-12-13-31-16-25(24)34(28(33)36)21-10-11-26(23(30)15-21)37-17-18-6-3-4-9-22(18)29;1-2-25(32)29-14-12-20(16-29)31-23-11-13-28-15-24(23)30(26(31)33)19-7-9-21(10-8-19)34-17-18-5-3-4-6-22(18)27/h2*3-17H,1,18H2,2H3,(H,32,35);2-16H,1,17H2,(H,32,35);2-11,13,15,20H,1,12,14,16-17H2/t;;;20-/m...1/s1. The zero-order chi connectivity index (χ0) is 101. The number of nitrogens with zero attached hydrogens (tertiary/aromatic N) is 13. The third kappa shape index (κ3) is 21.9. The van der Waals surface area contributed by atoms with Crippen LogP contribution in [0, 0.1) is 37.1 Å². The molecule has 19 aromatic rings. The first-order valence-corrected chi connectivity index (χ1v) is 45.7. The van der Waals surface area contributed by atoms with Crippen molar-refractivity contribution < 1.29 is 55.7 Å². The van der Waals surface area contributed by atoms with Gasteiger partial charge < -0.3 is 39.8 Å². The lowest BCUT2D eigenvalue weighted by molar-refractivity contribution is -0.125. The number of imidazole rings is 4. The largest absolute Gasteiger partial charge is 0.489 e. The summed E-state index contributed by atoms with van der Waals surface area (Å²) in [5.74, 6) is -1.20. The van der Waals surface area contributed by atoms with Gasteiger partial charge in [-0.15, -0.1) is 0 Å². The third-order valence-electron chi connectivity index (χ3n) is 23.6. The van der Waals surface area contributed by atoms with Crippen molar-refractivity contribution in [1.29, 1.82) is 0 Å². The number of pyridine rings is 4. The molecule has 724 valence electrons. The summed E-state index contributed by atoms with van der Waals surface area (Å²) in [5, 5.41) is 8.84. The van der Waals surface area contributed by atoms with Crippen LogP contribution >= 0.6 is 11.6 Å². The van der Waals surface area contributed by atoms with Crippen LogP contribution in [0.15, 0.2) is 392 Å². The highest BCUT2D eigenvalue weighted by atomic mass is 35.5. The molecule has 0 saturated carbocycles. The Labute approximate surface area is 830 Å². The normalized spacial score (nSPS) is 12.0. The zero-order valence-corrected chi connectivity index (χ0v) is 78.6. The lowest BCUT2D eigenvalue weighted by Crippen LogP contribution is -2.31. The molecule has 145 heavy (non-hydrogen) atoms. The van der Waals surface area contributed by atoms with Gasteiger partial charge in [-0.25, -0.2) is 36.7 Å². The van der Waals surface area contributed by atoms with Gasteiger partial charge in [-0.2, -0.15) is 0 Å². The second-order valence-corrected chi connectivity index (χ2v) is 33.5. The molecule has 1 aliphatic heterocycles. The van der Waals surface area contributed by atoms with Crippen LogP contribution in [0.5, 0.6) is 23.0 Å². The number of benzene rings is 11. The number of amides is 4. The van der Waals surface area contributed by atoms with Crippen molar-refractivity contribution in [1.82, 2.24) is 61.4 Å². The first-order valence-electron chi connectivity index (χ1n) is 45.3. The van der Waals surface area contributed by atoms with Gasteiger partial charge in [0, 0.05) is 77.2 Å². The Morgan fingerprint density at radius 3 is 1.18 bits per heavy atom. The number of carbonyl (C=O) groups excluding carboxylic acids is 4. The molecule has 0 radical (unpaired) electrons. The molecule has 0 bridgehead atoms. The molecular weight excluding hydrogens is 1870 g/mol. The van der Waals surface area contributed by atoms with Crippen molar-refractivity contribution in [3.05, 3.63) is 477 Å². The Morgan fingerprint density at radius 1 is 0.372 bits per heavy atom. The summed E-state index contributed by atoms with van der Waals surface area (Å²) in [6.07, 6.45) is 18.4. The van der Waals surface area contributed by atoms with Crippen LogP contribution in [0.1, 0.15) is 45.8 Å². The molecule has 4 amide bonds. The highest BCUT2D eigenvalue weighted by Crippen LogP contribution is 2.33. The molecule has 0 spiro atoms. The molecule has 28 nitrogen and oxygen atoms in total. The predicted molar refractivity (Wildman–Crippen MR) is 550 cm³/mol. The van der Waals surface area contributed by atoms with Crippen LogP contribution in [0.3, 0.4) is 0 Å². The molecule has 1 aliphatic rings. The number of aromatic nitrogens is 12. The quantitative estimate of drug-likeness (QED) is 0.0318. The van der Waals surface area contributed by atoms with Crippen molar-refractivity contribution >= 4 is 96.4 Å². The van der Waals surface area contributed by atoms with Gasteiger partial charge in [-0.1, -0.05) is 111 Å². The molecule has 3 N–H and O–H groups in total. The number of carbonyl (C=O) groups is 4. The van der Waals surface area contributed by atoms with E-state index in [0.717, 1.165) is 38.9 Å². The van der Waals surface area contributed by atoms with Crippen molar-refractivity contribution in [2.75, 3.05) is 29.0 Å². The monoisotopic (exact) mass is 1960 g/mol. The van der Waals surface area contributed by atoms with Gasteiger partial charge in [0.15, 0.2) is 11.6 Å². The third-order valence-corrected chi connectivity index (χ3v) is 24.0. The molecule has 8 aromatic heterocycles. The van der Waals surface area contributed by atoms with E-state index in [1.165, 1.54) is 70.0 Å². The van der Waals surface area contributed by atoms with E-state index in [2.05, 4.69) is 62.2 Å². The Hall–Kier alpha value is -18.9. The topological polar surface area (TPSA) is 304 Å². The van der Waals surface area contributed by atoms with Gasteiger partial charge in [0.2, 0.25) is 23.6 Å². The number of nitrogens with one attached hydrogen (secondary N) is 3. The predicted octanol–water partition coefficient (Wildman–Crippen LogP) is 20.2. The fourth-order valence-corrected chi connectivity index (χ4v) is 16.8. The van der Waals surface area contributed by atoms with E-state index in [9.17, 15) is 51.5 Å². The number of ether oxygens (including phenoxy) is 4. The van der Waals surface area contributed by atoms with Crippen molar-refractivity contribution in [2.24, 2.45) is 0 Å². The smallest absolute Gasteiger partial charge is 0.338 e. The lowest BCUT2D eigenvalue weighted by Gasteiger charge is -2.15. The minimum Gasteiger partial charge on any atom is -0.489 e. The maximum absolute atomic E-state index is 15.0. The van der Waals surface area contributed by atoms with E-state index in [0.29, 0.717) is 144 Å². The molecule has 1 saturated heterocycles. The van der Waals surface area contributed by atoms with Crippen LogP contribution < -0.4 is 57.7 Å². The number of anilines is 3. The molecule has 33 heteroatoms. The summed E-state index contributed by atoms with van der Waals surface area (Å²) in [4.78, 5) is 120. The number of fused-ring (bicyclic) bond motifs is 4. The molecule has 9 heterocycles. The molecule has 1 atom stereocenters. The SMILES string of the molecule is C=CC(=O)N1CC[C@@H](n2c(=O)n(-c3ccc(OCc4ccccc4F)cc3)c3cnccc32)C1.C=CC(=O)Nc1cccc(-n2c(=O)n(-c3ccc(OCc4cc(C)cc(F)c4)cc3)c3cnccc32)c1.C=CC(=O)Nc1cccc(-n2c(=O)n(-c3ccc(OCc4ccc(Cl)c(C)c4)cc3)c3cnccc32)c1.C=CC(=O)Nc1cccc(-n2c(=O)n(-c3ccc(OCc4ccccc4F)c(F)c3)c3cnccc32)c1. The summed E-state index contributed by atoms with van der Waals surface area (Å²) in [6, 6.07) is 76.5. The van der Waals surface area contributed by atoms with E-state index in [1.54, 1.807) is 252 Å². The molecular formula is C112H89ClF4N16O12. The highest BCUT2D eigenvalue weighted by Gasteiger charge is 2.31. The van der Waals surface area contributed by atoms with Gasteiger partial charge >= 0.3 is 22.8 Å². The van der Waals surface area contributed by atoms with E-state index in [1.807, 2.05) is 74.5 Å². The lowest BCUT2D eigenvalue weighted by atomic mass is 10.1. The minimum atomic E-state index is -0.709. The van der Waals surface area contributed by atoms with Gasteiger partial charge in [0.1, 0.15) is 61.1 Å².